The summed E-state index contributed by atoms with van der Waals surface area (Å²) in [4.78, 5) is 37.6. The van der Waals surface area contributed by atoms with Crippen molar-refractivity contribution < 1.29 is 47.6 Å². The summed E-state index contributed by atoms with van der Waals surface area (Å²) in [6, 6.07) is 20.1. The van der Waals surface area contributed by atoms with Crippen LogP contribution in [0.2, 0.25) is 0 Å². The number of sulfone groups is 1. The summed E-state index contributed by atoms with van der Waals surface area (Å²) in [6.07, 6.45) is 1.48. The number of anilines is 1. The van der Waals surface area contributed by atoms with Crippen molar-refractivity contribution in [3.05, 3.63) is 101 Å². The Hall–Kier alpha value is -4.13. The zero-order valence-corrected chi connectivity index (χ0v) is 26.9. The van der Waals surface area contributed by atoms with Gasteiger partial charge in [-0.15, -0.1) is 0 Å². The van der Waals surface area contributed by atoms with Gasteiger partial charge >= 0.3 is 11.9 Å². The van der Waals surface area contributed by atoms with Crippen molar-refractivity contribution in [2.45, 2.75) is 63.2 Å². The highest BCUT2D eigenvalue weighted by atomic mass is 32.2. The fourth-order valence-electron chi connectivity index (χ4n) is 6.02. The normalized spacial score (nSPS) is 17.7. The Kier molecular flexibility index (Phi) is 11.9. The molecule has 4 N–H and O–H groups in total. The van der Waals surface area contributed by atoms with E-state index < -0.39 is 51.6 Å². The van der Waals surface area contributed by atoms with Crippen molar-refractivity contribution >= 4 is 33.4 Å². The molecule has 4 atom stereocenters. The summed E-state index contributed by atoms with van der Waals surface area (Å²) in [5.41, 5.74) is 3.85. The number of amides is 1. The molecule has 1 saturated heterocycles. The average Bonchev–Trinajstić information content (AvgIpc) is 3.01. The van der Waals surface area contributed by atoms with E-state index in [0.29, 0.717) is 36.9 Å². The molecule has 1 aliphatic rings. The zero-order chi connectivity index (χ0) is 34.3. The Morgan fingerprint density at radius 1 is 0.830 bits per heavy atom. The van der Waals surface area contributed by atoms with Crippen LogP contribution in [-0.4, -0.2) is 64.8 Å². The number of aliphatic carboxylic acids is 2. The highest BCUT2D eigenvalue weighted by Gasteiger charge is 2.48. The van der Waals surface area contributed by atoms with Crippen LogP contribution in [0, 0.1) is 17.7 Å². The number of hydrogen-bond donors (Lipinski definition) is 4. The number of halogens is 1. The Balaban J connectivity index is 1.48. The quantitative estimate of drug-likeness (QED) is 0.120. The minimum atomic E-state index is -3.30. The van der Waals surface area contributed by atoms with Crippen LogP contribution in [0.25, 0.3) is 0 Å². The minimum absolute atomic E-state index is 0.00242. The van der Waals surface area contributed by atoms with Gasteiger partial charge < -0.3 is 25.3 Å². The summed E-state index contributed by atoms with van der Waals surface area (Å²) < 4.78 is 36.3. The van der Waals surface area contributed by atoms with E-state index in [9.17, 15) is 37.4 Å². The Labute approximate surface area is 273 Å². The lowest BCUT2D eigenvalue weighted by Gasteiger charge is -2.48. The summed E-state index contributed by atoms with van der Waals surface area (Å²) in [5.74, 6) is -5.46. The van der Waals surface area contributed by atoms with Crippen LogP contribution in [0.4, 0.5) is 10.1 Å². The van der Waals surface area contributed by atoms with Crippen LogP contribution in [0.5, 0.6) is 0 Å². The first-order valence-electron chi connectivity index (χ1n) is 15.5. The molecular formula is C35H40FNO9S. The second-order valence-corrected chi connectivity index (χ2v) is 14.4. The maximum absolute atomic E-state index is 13.6. The third-order valence-corrected chi connectivity index (χ3v) is 9.56. The van der Waals surface area contributed by atoms with Crippen LogP contribution in [0.15, 0.2) is 72.8 Å². The van der Waals surface area contributed by atoms with Crippen molar-refractivity contribution in [3.8, 4) is 0 Å². The molecule has 0 aromatic heterocycles. The molecule has 0 spiro atoms. The fourth-order valence-corrected chi connectivity index (χ4v) is 6.89. The molecule has 3 aromatic rings. The number of rotatable bonds is 17. The second kappa shape index (κ2) is 15.6. The summed E-state index contributed by atoms with van der Waals surface area (Å²) >= 11 is 0. The van der Waals surface area contributed by atoms with E-state index >= 15 is 0 Å². The highest BCUT2D eigenvalue weighted by molar-refractivity contribution is 7.90. The molecular weight excluding hydrogens is 629 g/mol. The number of carboxylic acid groups (broad SMARTS) is 2. The van der Waals surface area contributed by atoms with E-state index in [-0.39, 0.29) is 37.0 Å². The molecule has 0 radical (unpaired) electrons. The number of aryl methyl sites for hydroxylation is 2. The number of aliphatic hydroxyl groups is 2. The number of carboxylic acids is 2. The highest BCUT2D eigenvalue weighted by Crippen LogP contribution is 2.46. The Morgan fingerprint density at radius 2 is 1.40 bits per heavy atom. The predicted octanol–water partition coefficient (Wildman–Crippen LogP) is 4.49. The molecule has 1 fully saturated rings. The number of carbonyl (C=O) groups is 3. The van der Waals surface area contributed by atoms with E-state index in [2.05, 4.69) is 0 Å². The van der Waals surface area contributed by atoms with E-state index in [4.69, 9.17) is 10.2 Å². The smallest absolute Gasteiger partial charge is 0.317 e. The molecule has 0 saturated carbocycles. The third kappa shape index (κ3) is 9.69. The number of benzene rings is 3. The van der Waals surface area contributed by atoms with Gasteiger partial charge in [0, 0.05) is 11.9 Å². The van der Waals surface area contributed by atoms with Crippen molar-refractivity contribution in [2.75, 3.05) is 16.9 Å². The molecule has 252 valence electrons. The minimum Gasteiger partial charge on any atom is -0.481 e. The van der Waals surface area contributed by atoms with E-state index in [1.807, 2.05) is 48.5 Å². The number of aliphatic hydroxyl groups excluding tert-OH is 2. The van der Waals surface area contributed by atoms with Crippen LogP contribution in [-0.2, 0) is 37.1 Å². The fraction of sp³-hybridized carbons (Fsp3) is 0.400. The van der Waals surface area contributed by atoms with Crippen molar-refractivity contribution in [1.82, 2.24) is 0 Å². The number of hydrogen-bond acceptors (Lipinski definition) is 7. The van der Waals surface area contributed by atoms with E-state index in [1.165, 1.54) is 24.3 Å². The van der Waals surface area contributed by atoms with Gasteiger partial charge in [0.05, 0.1) is 29.9 Å². The molecule has 3 aromatic carbocycles. The largest absolute Gasteiger partial charge is 0.481 e. The molecule has 1 aliphatic heterocycles. The molecule has 2 unspecified atom stereocenters. The standard InChI is InChI=1S/C35H40FNO9S/c1-47(45,46)21-28(38)18-9-23-7-16-27(17-8-23)37-32(29(33(37)40)19-20-31(39)24-12-14-26(36)15-13-24)25-10-5-22(6-11-25)3-2-4-30(34(41)42)35(43)44/h5-8,10-17,28-32,38-39H,2-4,9,18-21H2,1H3,(H,41,42)(H,43,44)/t28?,29-,31?,32-/m1/s1. The summed E-state index contributed by atoms with van der Waals surface area (Å²) in [6.45, 7) is 0. The molecule has 1 amide bonds. The Morgan fingerprint density at radius 3 is 1.98 bits per heavy atom. The average molecular weight is 670 g/mol. The lowest BCUT2D eigenvalue weighted by Crippen LogP contribution is -2.55. The first-order chi connectivity index (χ1) is 22.2. The maximum Gasteiger partial charge on any atom is 0.317 e. The summed E-state index contributed by atoms with van der Waals surface area (Å²) in [5, 5.41) is 39.0. The SMILES string of the molecule is CS(=O)(=O)CC(O)CCc1ccc(N2C(=O)[C@H](CCC(O)c3ccc(F)cc3)[C@H]2c2ccc(CCCC(C(=O)O)C(=O)O)cc2)cc1. The molecule has 4 rings (SSSR count). The lowest BCUT2D eigenvalue weighted by atomic mass is 9.78. The molecule has 10 nitrogen and oxygen atoms in total. The van der Waals surface area contributed by atoms with Gasteiger partial charge in [-0.3, -0.25) is 14.4 Å². The van der Waals surface area contributed by atoms with Gasteiger partial charge in [-0.2, -0.15) is 0 Å². The van der Waals surface area contributed by atoms with Gasteiger partial charge in [-0.25, -0.2) is 12.8 Å². The van der Waals surface area contributed by atoms with Crippen molar-refractivity contribution in [1.29, 1.82) is 0 Å². The number of carbonyl (C=O) groups excluding carboxylic acids is 1. The van der Waals surface area contributed by atoms with Gasteiger partial charge in [0.1, 0.15) is 15.7 Å². The third-order valence-electron chi connectivity index (χ3n) is 8.57. The van der Waals surface area contributed by atoms with Crippen molar-refractivity contribution in [2.24, 2.45) is 11.8 Å². The van der Waals surface area contributed by atoms with Gasteiger partial charge in [-0.1, -0.05) is 48.5 Å². The second-order valence-electron chi connectivity index (χ2n) is 12.2. The first-order valence-corrected chi connectivity index (χ1v) is 17.6. The monoisotopic (exact) mass is 669 g/mol. The first kappa shape index (κ1) is 35.7. The van der Waals surface area contributed by atoms with Crippen LogP contribution < -0.4 is 4.90 Å². The molecule has 12 heteroatoms. The maximum atomic E-state index is 13.6. The van der Waals surface area contributed by atoms with Gasteiger partial charge in [0.25, 0.3) is 0 Å². The molecule has 47 heavy (non-hydrogen) atoms. The zero-order valence-electron chi connectivity index (χ0n) is 26.0. The molecule has 1 heterocycles. The van der Waals surface area contributed by atoms with Crippen LogP contribution >= 0.6 is 0 Å². The number of β-lactam (4-membered cyclic amide) rings is 1. The van der Waals surface area contributed by atoms with Crippen LogP contribution in [0.1, 0.15) is 66.5 Å². The Bertz CT molecular complexity index is 1630. The van der Waals surface area contributed by atoms with Gasteiger partial charge in [0.2, 0.25) is 5.91 Å². The van der Waals surface area contributed by atoms with Crippen LogP contribution in [0.3, 0.4) is 0 Å². The lowest BCUT2D eigenvalue weighted by molar-refractivity contribution is -0.154. The van der Waals surface area contributed by atoms with E-state index in [0.717, 1.165) is 22.9 Å². The van der Waals surface area contributed by atoms with E-state index in [1.54, 1.807) is 4.90 Å². The number of nitrogens with zero attached hydrogens (tertiary/aromatic N) is 1. The topological polar surface area (TPSA) is 170 Å². The van der Waals surface area contributed by atoms with Gasteiger partial charge in [0.15, 0.2) is 5.92 Å². The molecule has 0 aliphatic carbocycles. The van der Waals surface area contributed by atoms with Gasteiger partial charge in [-0.05, 0) is 91.5 Å². The molecule has 0 bridgehead atoms. The predicted molar refractivity (Wildman–Crippen MR) is 173 cm³/mol. The van der Waals surface area contributed by atoms with Crippen molar-refractivity contribution in [3.63, 3.8) is 0 Å². The summed E-state index contributed by atoms with van der Waals surface area (Å²) in [7, 11) is -3.30.